The fraction of sp³-hybridized carbons (Fsp3) is 0.400. The van der Waals surface area contributed by atoms with Crippen molar-refractivity contribution in [3.8, 4) is 11.5 Å². The average Bonchev–Trinajstić information content (AvgIpc) is 2.74. The van der Waals surface area contributed by atoms with E-state index in [0.29, 0.717) is 28.8 Å². The predicted octanol–water partition coefficient (Wildman–Crippen LogP) is 3.49. The van der Waals surface area contributed by atoms with Gasteiger partial charge in [0.15, 0.2) is 5.75 Å². The Morgan fingerprint density at radius 3 is 2.81 bits per heavy atom. The van der Waals surface area contributed by atoms with E-state index in [1.807, 2.05) is 25.1 Å². The largest absolute Gasteiger partial charge is 0.454 e. The summed E-state index contributed by atoms with van der Waals surface area (Å²) in [5, 5.41) is 13.1. The van der Waals surface area contributed by atoms with Crippen LogP contribution in [0.25, 0.3) is 0 Å². The molecule has 26 heavy (non-hydrogen) atoms. The second kappa shape index (κ2) is 6.61. The third-order valence-electron chi connectivity index (χ3n) is 5.22. The molecule has 6 nitrogen and oxygen atoms in total. The predicted molar refractivity (Wildman–Crippen MR) is 100 cm³/mol. The Hall–Kier alpha value is -2.60. The number of hydrogen-bond donors (Lipinski definition) is 2. The fourth-order valence-corrected chi connectivity index (χ4v) is 3.63. The van der Waals surface area contributed by atoms with E-state index >= 15 is 0 Å². The fourth-order valence-electron chi connectivity index (χ4n) is 3.63. The van der Waals surface area contributed by atoms with Crippen molar-refractivity contribution < 1.29 is 14.6 Å². The van der Waals surface area contributed by atoms with Crippen LogP contribution in [0.3, 0.4) is 0 Å². The van der Waals surface area contributed by atoms with Gasteiger partial charge < -0.3 is 20.1 Å². The zero-order valence-corrected chi connectivity index (χ0v) is 15.0. The maximum atomic E-state index is 12.8. The number of nitrogens with zero attached hydrogens (tertiary/aromatic N) is 2. The summed E-state index contributed by atoms with van der Waals surface area (Å²) < 4.78 is 6.14. The highest BCUT2D eigenvalue weighted by Crippen LogP contribution is 2.40. The van der Waals surface area contributed by atoms with E-state index in [0.717, 1.165) is 37.1 Å². The second-order valence-corrected chi connectivity index (χ2v) is 7.10. The first-order valence-electron chi connectivity index (χ1n) is 9.03. The summed E-state index contributed by atoms with van der Waals surface area (Å²) in [7, 11) is 1.74. The Kier molecular flexibility index (Phi) is 4.28. The van der Waals surface area contributed by atoms with Crippen LogP contribution >= 0.6 is 0 Å². The molecule has 2 heterocycles. The van der Waals surface area contributed by atoms with E-state index < -0.39 is 0 Å². The van der Waals surface area contributed by atoms with Crippen molar-refractivity contribution in [3.63, 3.8) is 0 Å². The molecule has 0 unspecified atom stereocenters. The normalized spacial score (nSPS) is 22.1. The van der Waals surface area contributed by atoms with Gasteiger partial charge in [0.05, 0.1) is 17.9 Å². The SMILES string of the molecule is Cc1cccc2c1Oc1cc(N[C@H]3CC[C@H](O)CC3)ncc1N(C)C2=O. The molecule has 1 fully saturated rings. The van der Waals surface area contributed by atoms with Crippen molar-refractivity contribution in [3.05, 3.63) is 41.6 Å². The van der Waals surface area contributed by atoms with Gasteiger partial charge in [0.2, 0.25) is 0 Å². The number of carbonyl (C=O) groups excluding carboxylic acids is 1. The third kappa shape index (κ3) is 3.01. The summed E-state index contributed by atoms with van der Waals surface area (Å²) in [4.78, 5) is 18.8. The number of nitrogens with one attached hydrogen (secondary N) is 1. The first-order chi connectivity index (χ1) is 12.5. The molecule has 0 saturated heterocycles. The Morgan fingerprint density at radius 2 is 2.04 bits per heavy atom. The molecule has 1 aliphatic heterocycles. The van der Waals surface area contributed by atoms with E-state index in [4.69, 9.17) is 4.74 Å². The van der Waals surface area contributed by atoms with Crippen LogP contribution in [0.2, 0.25) is 0 Å². The van der Waals surface area contributed by atoms with Gasteiger partial charge in [-0.15, -0.1) is 0 Å². The second-order valence-electron chi connectivity index (χ2n) is 7.10. The van der Waals surface area contributed by atoms with Crippen LogP contribution in [0, 0.1) is 6.92 Å². The lowest BCUT2D eigenvalue weighted by atomic mass is 9.93. The monoisotopic (exact) mass is 353 g/mol. The molecule has 4 rings (SSSR count). The van der Waals surface area contributed by atoms with Crippen molar-refractivity contribution >= 4 is 17.4 Å². The molecule has 1 saturated carbocycles. The molecule has 1 aliphatic carbocycles. The number of para-hydroxylation sites is 1. The molecule has 2 aromatic rings. The molecule has 6 heteroatoms. The van der Waals surface area contributed by atoms with Gasteiger partial charge >= 0.3 is 0 Å². The standard InChI is InChI=1S/C20H23N3O3/c1-12-4-3-5-15-19(12)26-17-10-18(21-11-16(17)23(2)20(15)25)22-13-6-8-14(24)9-7-13/h3-5,10-11,13-14,24H,6-9H2,1-2H3,(H,21,22)/t13-,14-. The van der Waals surface area contributed by atoms with Crippen molar-refractivity contribution in [2.24, 2.45) is 0 Å². The highest BCUT2D eigenvalue weighted by molar-refractivity contribution is 6.09. The molecule has 1 aromatic carbocycles. The highest BCUT2D eigenvalue weighted by Gasteiger charge is 2.27. The minimum atomic E-state index is -0.185. The number of benzene rings is 1. The molecule has 1 amide bonds. The molecule has 0 bridgehead atoms. The lowest BCUT2D eigenvalue weighted by Crippen LogP contribution is -2.28. The molecule has 136 valence electrons. The van der Waals surface area contributed by atoms with Crippen LogP contribution in [-0.4, -0.2) is 35.2 Å². The summed E-state index contributed by atoms with van der Waals surface area (Å²) in [6.45, 7) is 1.94. The van der Waals surface area contributed by atoms with Gasteiger partial charge in [0.1, 0.15) is 17.3 Å². The number of carbonyl (C=O) groups is 1. The summed E-state index contributed by atoms with van der Waals surface area (Å²) >= 11 is 0. The van der Waals surface area contributed by atoms with E-state index in [1.54, 1.807) is 24.2 Å². The molecule has 1 aromatic heterocycles. The van der Waals surface area contributed by atoms with Gasteiger partial charge in [-0.25, -0.2) is 4.98 Å². The number of anilines is 2. The average molecular weight is 353 g/mol. The van der Waals surface area contributed by atoms with Crippen LogP contribution in [0.15, 0.2) is 30.5 Å². The first kappa shape index (κ1) is 16.8. The van der Waals surface area contributed by atoms with Gasteiger partial charge in [-0.2, -0.15) is 0 Å². The lowest BCUT2D eigenvalue weighted by Gasteiger charge is -2.27. The molecule has 0 spiro atoms. The Balaban J connectivity index is 1.65. The van der Waals surface area contributed by atoms with E-state index in [-0.39, 0.29) is 12.0 Å². The topological polar surface area (TPSA) is 74.7 Å². The smallest absolute Gasteiger partial charge is 0.261 e. The molecule has 2 N–H and O–H groups in total. The quantitative estimate of drug-likeness (QED) is 0.864. The molecule has 0 radical (unpaired) electrons. The van der Waals surface area contributed by atoms with Gasteiger partial charge in [-0.3, -0.25) is 4.79 Å². The maximum absolute atomic E-state index is 12.8. The summed E-state index contributed by atoms with van der Waals surface area (Å²) in [6.07, 6.45) is 4.94. The van der Waals surface area contributed by atoms with E-state index in [2.05, 4.69) is 10.3 Å². The van der Waals surface area contributed by atoms with Crippen molar-refractivity contribution in [2.75, 3.05) is 17.3 Å². The molecule has 0 atom stereocenters. The van der Waals surface area contributed by atoms with Crippen LogP contribution < -0.4 is 15.0 Å². The highest BCUT2D eigenvalue weighted by atomic mass is 16.5. The zero-order chi connectivity index (χ0) is 18.3. The Bertz CT molecular complexity index is 844. The summed E-state index contributed by atoms with van der Waals surface area (Å²) in [5.41, 5.74) is 2.12. The number of aromatic nitrogens is 1. The number of ether oxygens (including phenoxy) is 1. The summed E-state index contributed by atoms with van der Waals surface area (Å²) in [6, 6.07) is 7.73. The van der Waals surface area contributed by atoms with Crippen LogP contribution in [0.4, 0.5) is 11.5 Å². The molecular formula is C20H23N3O3. The van der Waals surface area contributed by atoms with Crippen molar-refractivity contribution in [1.29, 1.82) is 0 Å². The summed E-state index contributed by atoms with van der Waals surface area (Å²) in [5.74, 6) is 1.83. The van der Waals surface area contributed by atoms with Gasteiger partial charge in [-0.1, -0.05) is 12.1 Å². The Morgan fingerprint density at radius 1 is 1.27 bits per heavy atom. The molecule has 2 aliphatic rings. The van der Waals surface area contributed by atoms with Crippen LogP contribution in [0.1, 0.15) is 41.6 Å². The minimum Gasteiger partial charge on any atom is -0.454 e. The number of aliphatic hydroxyl groups is 1. The van der Waals surface area contributed by atoms with Crippen molar-refractivity contribution in [2.45, 2.75) is 44.8 Å². The van der Waals surface area contributed by atoms with Gasteiger partial charge in [-0.05, 0) is 44.2 Å². The van der Waals surface area contributed by atoms with Crippen LogP contribution in [-0.2, 0) is 0 Å². The molecular weight excluding hydrogens is 330 g/mol. The van der Waals surface area contributed by atoms with E-state index in [1.165, 1.54) is 0 Å². The van der Waals surface area contributed by atoms with Crippen molar-refractivity contribution in [1.82, 2.24) is 4.98 Å². The zero-order valence-electron chi connectivity index (χ0n) is 15.0. The third-order valence-corrected chi connectivity index (χ3v) is 5.22. The van der Waals surface area contributed by atoms with Crippen LogP contribution in [0.5, 0.6) is 11.5 Å². The number of hydrogen-bond acceptors (Lipinski definition) is 5. The number of pyridine rings is 1. The maximum Gasteiger partial charge on any atom is 0.261 e. The van der Waals surface area contributed by atoms with E-state index in [9.17, 15) is 9.90 Å². The number of rotatable bonds is 2. The minimum absolute atomic E-state index is 0.105. The number of amides is 1. The van der Waals surface area contributed by atoms with Gasteiger partial charge in [0.25, 0.3) is 5.91 Å². The Labute approximate surface area is 152 Å². The number of aryl methyl sites for hydroxylation is 1. The first-order valence-corrected chi connectivity index (χ1v) is 9.03. The lowest BCUT2D eigenvalue weighted by molar-refractivity contribution is 0.0993. The van der Waals surface area contributed by atoms with Gasteiger partial charge in [0, 0.05) is 19.2 Å². The number of fused-ring (bicyclic) bond motifs is 2. The number of aliphatic hydroxyl groups excluding tert-OH is 1.